The maximum Gasteiger partial charge on any atom is 0.00397 e. The Morgan fingerprint density at radius 2 is 1.90 bits per heavy atom. The Bertz CT molecular complexity index is 36.6. The fourth-order valence-corrected chi connectivity index (χ4v) is 0.589. The molecule has 0 rings (SSSR count). The standard InChI is InChI=1S/C5H14N2S.C2H6/c6-2-1-3-7-4-5-8;1-2/h7-8H,1-6H2;1-2H3. The second-order valence-electron chi connectivity index (χ2n) is 1.62. The summed E-state index contributed by atoms with van der Waals surface area (Å²) < 4.78 is 0. The molecule has 0 saturated carbocycles. The first-order chi connectivity index (χ1) is 4.91. The van der Waals surface area contributed by atoms with Crippen LogP contribution in [0.3, 0.4) is 0 Å². The van der Waals surface area contributed by atoms with E-state index >= 15 is 0 Å². The Labute approximate surface area is 70.0 Å². The van der Waals surface area contributed by atoms with Gasteiger partial charge in [0.2, 0.25) is 0 Å². The third-order valence-corrected chi connectivity index (χ3v) is 1.07. The molecule has 3 N–H and O–H groups in total. The van der Waals surface area contributed by atoms with Gasteiger partial charge in [-0.1, -0.05) is 13.8 Å². The predicted molar refractivity (Wildman–Crippen MR) is 51.7 cm³/mol. The lowest BCUT2D eigenvalue weighted by molar-refractivity contribution is 0.683. The highest BCUT2D eigenvalue weighted by Gasteiger charge is 1.80. The first kappa shape index (κ1) is 12.9. The van der Waals surface area contributed by atoms with Crippen LogP contribution in [0.25, 0.3) is 0 Å². The Hall–Kier alpha value is 0.270. The molecule has 0 amide bonds. The lowest BCUT2D eigenvalue weighted by Gasteiger charge is -1.97. The van der Waals surface area contributed by atoms with Gasteiger partial charge in [-0.25, -0.2) is 0 Å². The van der Waals surface area contributed by atoms with Crippen molar-refractivity contribution in [2.24, 2.45) is 5.73 Å². The predicted octanol–water partition coefficient (Wildman–Crippen LogP) is 0.881. The molecule has 0 atom stereocenters. The van der Waals surface area contributed by atoms with E-state index in [1.54, 1.807) is 0 Å². The zero-order valence-electron chi connectivity index (χ0n) is 7.06. The van der Waals surface area contributed by atoms with Crippen LogP contribution < -0.4 is 11.1 Å². The minimum Gasteiger partial charge on any atom is -0.330 e. The van der Waals surface area contributed by atoms with Gasteiger partial charge in [-0.2, -0.15) is 12.6 Å². The van der Waals surface area contributed by atoms with Gasteiger partial charge in [-0.3, -0.25) is 0 Å². The van der Waals surface area contributed by atoms with Gasteiger partial charge in [0.15, 0.2) is 0 Å². The molecule has 0 bridgehead atoms. The highest BCUT2D eigenvalue weighted by atomic mass is 32.1. The topological polar surface area (TPSA) is 38.0 Å². The van der Waals surface area contributed by atoms with Crippen LogP contribution >= 0.6 is 12.6 Å². The highest BCUT2D eigenvalue weighted by molar-refractivity contribution is 7.80. The molecule has 2 nitrogen and oxygen atoms in total. The van der Waals surface area contributed by atoms with E-state index in [1.165, 1.54) is 0 Å². The van der Waals surface area contributed by atoms with Crippen LogP contribution in [0.1, 0.15) is 20.3 Å². The third-order valence-electron chi connectivity index (χ3n) is 0.846. The van der Waals surface area contributed by atoms with E-state index in [2.05, 4.69) is 17.9 Å². The fraction of sp³-hybridized carbons (Fsp3) is 1.00. The second kappa shape index (κ2) is 16.1. The van der Waals surface area contributed by atoms with Crippen molar-refractivity contribution in [3.8, 4) is 0 Å². The van der Waals surface area contributed by atoms with E-state index in [4.69, 9.17) is 5.73 Å². The van der Waals surface area contributed by atoms with Crippen molar-refractivity contribution in [1.82, 2.24) is 5.32 Å². The summed E-state index contributed by atoms with van der Waals surface area (Å²) in [6, 6.07) is 0. The van der Waals surface area contributed by atoms with Crippen LogP contribution in [0.15, 0.2) is 0 Å². The molecule has 0 radical (unpaired) electrons. The summed E-state index contributed by atoms with van der Waals surface area (Å²) in [5, 5.41) is 3.18. The first-order valence-corrected chi connectivity index (χ1v) is 4.56. The Balaban J connectivity index is 0. The average Bonchev–Trinajstić information content (AvgIpc) is 2.02. The van der Waals surface area contributed by atoms with Crippen LogP contribution in [0.5, 0.6) is 0 Å². The summed E-state index contributed by atoms with van der Waals surface area (Å²) in [7, 11) is 0. The molecule has 0 aromatic heterocycles. The molecule has 0 unspecified atom stereocenters. The van der Waals surface area contributed by atoms with E-state index in [-0.39, 0.29) is 0 Å². The van der Waals surface area contributed by atoms with Crippen molar-refractivity contribution in [2.75, 3.05) is 25.4 Å². The normalized spacial score (nSPS) is 8.40. The summed E-state index contributed by atoms with van der Waals surface area (Å²) in [4.78, 5) is 0. The number of nitrogens with one attached hydrogen (secondary N) is 1. The molecule has 0 heterocycles. The lowest BCUT2D eigenvalue weighted by Crippen LogP contribution is -2.20. The second-order valence-corrected chi connectivity index (χ2v) is 2.06. The van der Waals surface area contributed by atoms with Crippen LogP contribution in [-0.4, -0.2) is 25.4 Å². The number of hydrogen-bond acceptors (Lipinski definition) is 3. The number of hydrogen-bond donors (Lipinski definition) is 3. The van der Waals surface area contributed by atoms with Gasteiger partial charge in [0.05, 0.1) is 0 Å². The van der Waals surface area contributed by atoms with E-state index < -0.39 is 0 Å². The molecule has 64 valence electrons. The molecule has 0 aliphatic heterocycles. The number of nitrogens with two attached hydrogens (primary N) is 1. The lowest BCUT2D eigenvalue weighted by atomic mass is 10.4. The summed E-state index contributed by atoms with van der Waals surface area (Å²) in [6.07, 6.45) is 1.06. The third kappa shape index (κ3) is 15.7. The Kier molecular flexibility index (Phi) is 20.8. The summed E-state index contributed by atoms with van der Waals surface area (Å²) in [6.45, 7) is 6.79. The number of rotatable bonds is 5. The molecule has 0 aliphatic carbocycles. The molecule has 0 spiro atoms. The molecule has 0 aliphatic rings. The Morgan fingerprint density at radius 1 is 1.30 bits per heavy atom. The van der Waals surface area contributed by atoms with Crippen LogP contribution in [0.2, 0.25) is 0 Å². The molecule has 0 fully saturated rings. The van der Waals surface area contributed by atoms with Gasteiger partial charge in [-0.05, 0) is 19.5 Å². The highest BCUT2D eigenvalue weighted by Crippen LogP contribution is 1.71. The smallest absolute Gasteiger partial charge is 0.00397 e. The molecular weight excluding hydrogens is 144 g/mol. The molecule has 0 saturated heterocycles. The minimum absolute atomic E-state index is 0.777. The van der Waals surface area contributed by atoms with E-state index in [0.29, 0.717) is 0 Å². The van der Waals surface area contributed by atoms with Crippen molar-refractivity contribution in [3.05, 3.63) is 0 Å². The van der Waals surface area contributed by atoms with Crippen LogP contribution in [0.4, 0.5) is 0 Å². The summed E-state index contributed by atoms with van der Waals surface area (Å²) in [5.74, 6) is 0.907. The van der Waals surface area contributed by atoms with Gasteiger partial charge >= 0.3 is 0 Å². The van der Waals surface area contributed by atoms with Crippen molar-refractivity contribution in [2.45, 2.75) is 20.3 Å². The minimum atomic E-state index is 0.777. The first-order valence-electron chi connectivity index (χ1n) is 3.93. The van der Waals surface area contributed by atoms with E-state index in [9.17, 15) is 0 Å². The van der Waals surface area contributed by atoms with Gasteiger partial charge in [0, 0.05) is 12.3 Å². The number of thiol groups is 1. The monoisotopic (exact) mass is 164 g/mol. The van der Waals surface area contributed by atoms with Gasteiger partial charge in [-0.15, -0.1) is 0 Å². The quantitative estimate of drug-likeness (QED) is 0.417. The van der Waals surface area contributed by atoms with Gasteiger partial charge in [0.25, 0.3) is 0 Å². The molecule has 10 heavy (non-hydrogen) atoms. The zero-order chi connectivity index (χ0) is 8.24. The summed E-state index contributed by atoms with van der Waals surface area (Å²) in [5.41, 5.74) is 5.25. The van der Waals surface area contributed by atoms with Gasteiger partial charge < -0.3 is 11.1 Å². The van der Waals surface area contributed by atoms with Crippen molar-refractivity contribution >= 4 is 12.6 Å². The molecule has 3 heteroatoms. The van der Waals surface area contributed by atoms with Crippen molar-refractivity contribution in [1.29, 1.82) is 0 Å². The molecule has 0 aromatic rings. The SMILES string of the molecule is CC.NCCCNCCS. The van der Waals surface area contributed by atoms with Crippen LogP contribution in [-0.2, 0) is 0 Å². The van der Waals surface area contributed by atoms with Crippen molar-refractivity contribution in [3.63, 3.8) is 0 Å². The fourth-order valence-electron chi connectivity index (χ4n) is 0.431. The molecular formula is C7H20N2S. The maximum absolute atomic E-state index is 5.25. The van der Waals surface area contributed by atoms with E-state index in [0.717, 1.165) is 31.8 Å². The average molecular weight is 164 g/mol. The summed E-state index contributed by atoms with van der Waals surface area (Å²) >= 11 is 4.03. The van der Waals surface area contributed by atoms with E-state index in [1.807, 2.05) is 13.8 Å². The van der Waals surface area contributed by atoms with Crippen LogP contribution in [0, 0.1) is 0 Å². The van der Waals surface area contributed by atoms with Crippen molar-refractivity contribution < 1.29 is 0 Å². The largest absolute Gasteiger partial charge is 0.330 e. The molecule has 0 aromatic carbocycles. The van der Waals surface area contributed by atoms with Gasteiger partial charge in [0.1, 0.15) is 0 Å². The zero-order valence-corrected chi connectivity index (χ0v) is 7.95. The maximum atomic E-state index is 5.25. The Morgan fingerprint density at radius 3 is 2.30 bits per heavy atom.